The minimum absolute atomic E-state index is 0.722. The van der Waals surface area contributed by atoms with Gasteiger partial charge in [0.15, 0.2) is 8.87 Å². The van der Waals surface area contributed by atoms with Crippen molar-refractivity contribution in [1.29, 1.82) is 0 Å². The van der Waals surface area contributed by atoms with E-state index in [1.807, 2.05) is 0 Å². The van der Waals surface area contributed by atoms with Gasteiger partial charge in [0.2, 0.25) is 0 Å². The third-order valence-electron chi connectivity index (χ3n) is 0.213. The smallest absolute Gasteiger partial charge is 0.343 e. The Morgan fingerprint density at radius 1 is 1.80 bits per heavy atom. The summed E-state index contributed by atoms with van der Waals surface area (Å²) in [6.45, 7) is 0. The highest BCUT2D eigenvalue weighted by molar-refractivity contribution is 7.29. The van der Waals surface area contributed by atoms with E-state index < -0.39 is 16.0 Å². The van der Waals surface area contributed by atoms with Gasteiger partial charge in [-0.3, -0.25) is 0 Å². The molecule has 0 aliphatic heterocycles. The molecule has 0 aliphatic carbocycles. The van der Waals surface area contributed by atoms with Crippen LogP contribution in [0.3, 0.4) is 0 Å². The minimum atomic E-state index is -2.32. The van der Waals surface area contributed by atoms with Gasteiger partial charge in [-0.15, -0.1) is 0 Å². The second-order valence-electron chi connectivity index (χ2n) is 0.935. The molecule has 0 nitrogen and oxygen atoms in total. The minimum Gasteiger partial charge on any atom is -0.343 e. The number of hydrogen-bond donors (Lipinski definition) is 0. The van der Waals surface area contributed by atoms with Gasteiger partial charge in [0.25, 0.3) is 0 Å². The second kappa shape index (κ2) is 2.44. The van der Waals surface area contributed by atoms with Crippen LogP contribution in [0.2, 0.25) is 0 Å². The van der Waals surface area contributed by atoms with Crippen LogP contribution in [0.15, 0.2) is 0 Å². The molecular formula is H4B2F2Si. The number of hydrogen-bond acceptors (Lipinski definition) is 0. The lowest BCUT2D eigenvalue weighted by atomic mass is 10.6. The summed E-state index contributed by atoms with van der Waals surface area (Å²) in [7, 11) is -1.72. The first-order chi connectivity index (χ1) is 2.27. The van der Waals surface area contributed by atoms with Gasteiger partial charge in [-0.2, -0.15) is 0 Å². The molecule has 0 radical (unpaired) electrons. The highest BCUT2D eigenvalue weighted by Crippen LogP contribution is 1.68. The Morgan fingerprint density at radius 2 is 2.00 bits per heavy atom. The molecule has 28 valence electrons. The molecule has 1 unspecified atom stereocenters. The average molecular weight is 91.7 g/mol. The molecule has 0 fully saturated rings. The largest absolute Gasteiger partial charge is 0.344 e. The summed E-state index contributed by atoms with van der Waals surface area (Å²) < 4.78 is 22.0. The molecular weight excluding hydrogens is 87.7 g/mol. The van der Waals surface area contributed by atoms with Gasteiger partial charge in [0.1, 0.15) is 7.44 Å². The Hall–Kier alpha value is 0.207. The zero-order valence-electron chi connectivity index (χ0n) is 3.04. The molecule has 5 heteroatoms. The molecule has 0 heterocycles. The third kappa shape index (κ3) is 4.21. The van der Waals surface area contributed by atoms with E-state index >= 15 is 0 Å². The summed E-state index contributed by atoms with van der Waals surface area (Å²) in [4.78, 5) is 0. The van der Waals surface area contributed by atoms with E-state index in [4.69, 9.17) is 0 Å². The van der Waals surface area contributed by atoms with Gasteiger partial charge in [0, 0.05) is 0 Å². The van der Waals surface area contributed by atoms with Crippen LogP contribution in [-0.2, 0) is 0 Å². The van der Waals surface area contributed by atoms with E-state index in [9.17, 15) is 8.42 Å². The lowest BCUT2D eigenvalue weighted by molar-refractivity contribution is 0.845. The lowest BCUT2D eigenvalue weighted by Gasteiger charge is -1.76. The van der Waals surface area contributed by atoms with Gasteiger partial charge in [-0.1, -0.05) is 0 Å². The second-order valence-corrected chi connectivity index (χ2v) is 2.81. The van der Waals surface area contributed by atoms with Crippen molar-refractivity contribution in [1.82, 2.24) is 0 Å². The molecule has 0 N–H and O–H groups in total. The summed E-state index contributed by atoms with van der Waals surface area (Å²) in [6.07, 6.45) is 0. The molecule has 0 spiro atoms. The fraction of sp³-hybridized carbons (Fsp3) is 0. The predicted molar refractivity (Wildman–Crippen MR) is 25.1 cm³/mol. The van der Waals surface area contributed by atoms with Crippen LogP contribution in [-0.4, -0.2) is 23.5 Å². The van der Waals surface area contributed by atoms with Crippen molar-refractivity contribution in [2.24, 2.45) is 0 Å². The molecule has 1 atom stereocenters. The summed E-state index contributed by atoms with van der Waals surface area (Å²) in [5.74, 6) is 0. The molecule has 0 rings (SSSR count). The Kier molecular flexibility index (Phi) is 2.55. The van der Waals surface area contributed by atoms with Crippen LogP contribution in [0.25, 0.3) is 0 Å². The average Bonchev–Trinajstić information content (AvgIpc) is 1.38. The van der Waals surface area contributed by atoms with E-state index in [1.54, 1.807) is 0 Å². The first-order valence-corrected chi connectivity index (χ1v) is 3.88. The van der Waals surface area contributed by atoms with Crippen LogP contribution >= 0.6 is 0 Å². The van der Waals surface area contributed by atoms with Gasteiger partial charge < -0.3 is 8.42 Å². The van der Waals surface area contributed by atoms with Crippen LogP contribution in [0.5, 0.6) is 0 Å². The molecule has 0 aliphatic rings. The predicted octanol–water partition coefficient (Wildman–Crippen LogP) is -1.37. The topological polar surface area (TPSA) is 0 Å². The molecule has 0 aromatic carbocycles. The van der Waals surface area contributed by atoms with E-state index in [0.29, 0.717) is 0 Å². The van der Waals surface area contributed by atoms with Crippen molar-refractivity contribution in [2.75, 3.05) is 0 Å². The van der Waals surface area contributed by atoms with Crippen LogP contribution < -0.4 is 0 Å². The summed E-state index contributed by atoms with van der Waals surface area (Å²) in [5.41, 5.74) is 0. The SMILES string of the molecule is B[SiH](F)BF. The molecule has 0 aromatic rings. The van der Waals surface area contributed by atoms with E-state index in [0.717, 1.165) is 0 Å². The first kappa shape index (κ1) is 5.21. The van der Waals surface area contributed by atoms with E-state index in [2.05, 4.69) is 0 Å². The zero-order chi connectivity index (χ0) is 4.28. The zero-order valence-corrected chi connectivity index (χ0v) is 4.20. The maximum absolute atomic E-state index is 11.2. The van der Waals surface area contributed by atoms with Crippen molar-refractivity contribution < 1.29 is 8.42 Å². The van der Waals surface area contributed by atoms with Crippen molar-refractivity contribution in [3.63, 3.8) is 0 Å². The molecule has 0 aromatic heterocycles. The molecule has 0 bridgehead atoms. The normalized spacial score (nSPS) is 14.0. The van der Waals surface area contributed by atoms with Gasteiger partial charge in [0.05, 0.1) is 0 Å². The Balaban J connectivity index is 2.54. The van der Waals surface area contributed by atoms with Crippen molar-refractivity contribution in [2.45, 2.75) is 0 Å². The maximum atomic E-state index is 11.2. The Bertz CT molecular complexity index is 21.6. The Morgan fingerprint density at radius 3 is 2.00 bits per heavy atom. The lowest BCUT2D eigenvalue weighted by Crippen LogP contribution is -2.11. The van der Waals surface area contributed by atoms with Crippen molar-refractivity contribution in [3.05, 3.63) is 0 Å². The van der Waals surface area contributed by atoms with Crippen molar-refractivity contribution >= 4 is 23.5 Å². The molecule has 0 saturated carbocycles. The maximum Gasteiger partial charge on any atom is 0.344 e. The molecule has 0 amide bonds. The fourth-order valence-corrected chi connectivity index (χ4v) is 0. The summed E-state index contributed by atoms with van der Waals surface area (Å²) >= 11 is 0. The number of rotatable bonds is 1. The van der Waals surface area contributed by atoms with Crippen molar-refractivity contribution in [3.8, 4) is 0 Å². The number of halogens is 2. The van der Waals surface area contributed by atoms with E-state index in [-0.39, 0.29) is 0 Å². The third-order valence-corrected chi connectivity index (χ3v) is 0.638. The van der Waals surface area contributed by atoms with Crippen LogP contribution in [0.4, 0.5) is 8.42 Å². The van der Waals surface area contributed by atoms with Gasteiger partial charge in [-0.05, 0) is 0 Å². The molecule has 0 saturated heterocycles. The molecule has 5 heavy (non-hydrogen) atoms. The van der Waals surface area contributed by atoms with Gasteiger partial charge in [-0.25, -0.2) is 0 Å². The van der Waals surface area contributed by atoms with Crippen LogP contribution in [0, 0.1) is 0 Å². The fourth-order valence-electron chi connectivity index (χ4n) is 0. The monoisotopic (exact) mass is 92.0 g/mol. The summed E-state index contributed by atoms with van der Waals surface area (Å²) in [5, 5.41) is 0. The highest BCUT2D eigenvalue weighted by atomic mass is 28.3. The van der Waals surface area contributed by atoms with Crippen LogP contribution in [0.1, 0.15) is 0 Å². The quantitative estimate of drug-likeness (QED) is 0.276. The van der Waals surface area contributed by atoms with Gasteiger partial charge >= 0.3 is 7.15 Å². The summed E-state index contributed by atoms with van der Waals surface area (Å²) in [6, 6.07) is 0. The standard InChI is InChI=1S/B2F2H4Si/c1-5(4)2-3/h2,5H,1H2. The first-order valence-electron chi connectivity index (χ1n) is 1.47. The van der Waals surface area contributed by atoms with E-state index in [1.165, 1.54) is 7.44 Å². The Labute approximate surface area is 32.9 Å². The highest BCUT2D eigenvalue weighted by Gasteiger charge is 1.99.